The van der Waals surface area contributed by atoms with E-state index in [2.05, 4.69) is 28.1 Å². The van der Waals surface area contributed by atoms with Crippen molar-refractivity contribution in [1.29, 1.82) is 0 Å². The molecule has 0 aliphatic carbocycles. The van der Waals surface area contributed by atoms with E-state index in [9.17, 15) is 24.4 Å². The molecular weight excluding hydrogens is 609 g/mol. The molecule has 0 aromatic carbocycles. The maximum atomic E-state index is 13.1. The van der Waals surface area contributed by atoms with Crippen molar-refractivity contribution < 1.29 is 19.6 Å². The molecule has 10 nitrogen and oxygen atoms in total. The topological polar surface area (TPSA) is 155 Å². The van der Waals surface area contributed by atoms with E-state index in [1.165, 1.54) is 39.3 Å². The Morgan fingerprint density at radius 2 is 2.06 bits per heavy atom. The van der Waals surface area contributed by atoms with Crippen LogP contribution >= 0.6 is 81.6 Å². The molecule has 0 radical (unpaired) electrons. The van der Waals surface area contributed by atoms with Crippen LogP contribution in [-0.4, -0.2) is 54.9 Å². The molecule has 0 bridgehead atoms. The van der Waals surface area contributed by atoms with Gasteiger partial charge in [0.15, 0.2) is 10.8 Å². The molecule has 36 heavy (non-hydrogen) atoms. The number of anilines is 1. The summed E-state index contributed by atoms with van der Waals surface area (Å²) in [4.78, 5) is 56.6. The smallest absolute Gasteiger partial charge is 0.276 e. The number of rotatable bonds is 5. The van der Waals surface area contributed by atoms with Gasteiger partial charge >= 0.3 is 0 Å². The summed E-state index contributed by atoms with van der Waals surface area (Å²) in [5, 5.41) is 15.3. The molecule has 3 aromatic heterocycles. The maximum Gasteiger partial charge on any atom is 0.276 e. The number of aromatic nitrogens is 1. The third-order valence-electron chi connectivity index (χ3n) is 5.32. The molecule has 1 fully saturated rings. The molecule has 17 heteroatoms. The number of β-lactam (4-membered cyclic amide) rings is 1. The number of halogens is 2. The number of nitrogens with zero attached hydrogens (tertiary/aromatic N) is 3. The van der Waals surface area contributed by atoms with Crippen LogP contribution in [-0.2, 0) is 14.4 Å². The van der Waals surface area contributed by atoms with Gasteiger partial charge in [-0.1, -0.05) is 52.3 Å². The number of nitrogens with two attached hydrogens (primary N) is 1. The SMILES string of the molecule is Nc1nc(C(=NO)C(=O)NC2C(=O)N3C(C(=O)S)=C(c4sc5ccsc5c(=O)c4Cl)CS[C@H]23)c(Cl)s1. The van der Waals surface area contributed by atoms with E-state index in [-0.39, 0.29) is 37.1 Å². The Morgan fingerprint density at radius 1 is 1.31 bits per heavy atom. The largest absolute Gasteiger partial charge is 0.410 e. The molecular formula is C19H11Cl2N5O5S5. The van der Waals surface area contributed by atoms with Crippen LogP contribution in [0.2, 0.25) is 9.36 Å². The molecule has 1 unspecified atom stereocenters. The number of nitrogen functional groups attached to an aromatic ring is 1. The number of nitrogens with one attached hydrogen (secondary N) is 1. The average molecular weight is 621 g/mol. The lowest BCUT2D eigenvalue weighted by Crippen LogP contribution is -2.70. The number of carbonyl (C=O) groups is 3. The number of thiophene rings is 1. The van der Waals surface area contributed by atoms with Gasteiger partial charge in [0.05, 0.1) is 9.58 Å². The summed E-state index contributed by atoms with van der Waals surface area (Å²) in [6.45, 7) is 0. The summed E-state index contributed by atoms with van der Waals surface area (Å²) < 4.78 is 1.27. The summed E-state index contributed by atoms with van der Waals surface area (Å²) in [5.74, 6) is -1.26. The second kappa shape index (κ2) is 9.63. The third kappa shape index (κ3) is 4.02. The van der Waals surface area contributed by atoms with Crippen molar-refractivity contribution in [3.05, 3.63) is 47.3 Å². The number of amides is 2. The van der Waals surface area contributed by atoms with Crippen LogP contribution in [0.4, 0.5) is 5.13 Å². The first-order chi connectivity index (χ1) is 17.1. The summed E-state index contributed by atoms with van der Waals surface area (Å²) in [6.07, 6.45) is 0. The molecule has 0 spiro atoms. The second-order valence-corrected chi connectivity index (χ2v) is 12.8. The second-order valence-electron chi connectivity index (χ2n) is 7.30. The summed E-state index contributed by atoms with van der Waals surface area (Å²) in [7, 11) is 0. The van der Waals surface area contributed by atoms with Crippen LogP contribution in [0, 0.1) is 0 Å². The Bertz CT molecular complexity index is 1590. The fraction of sp³-hybridized carbons (Fsp3) is 0.158. The minimum absolute atomic E-state index is 0.00363. The molecule has 5 heterocycles. The number of fused-ring (bicyclic) bond motifs is 2. The van der Waals surface area contributed by atoms with Crippen molar-refractivity contribution in [2.45, 2.75) is 11.4 Å². The molecule has 1 saturated heterocycles. The van der Waals surface area contributed by atoms with Crippen molar-refractivity contribution in [2.24, 2.45) is 5.16 Å². The molecule has 5 rings (SSSR count). The number of thiazole rings is 1. The average Bonchev–Trinajstić information content (AvgIpc) is 3.45. The molecule has 186 valence electrons. The van der Waals surface area contributed by atoms with Crippen LogP contribution in [0.25, 0.3) is 15.0 Å². The molecule has 4 N–H and O–H groups in total. The van der Waals surface area contributed by atoms with Gasteiger partial charge in [0.2, 0.25) is 10.5 Å². The monoisotopic (exact) mass is 619 g/mol. The molecule has 2 amide bonds. The third-order valence-corrected chi connectivity index (χ3v) is 10.6. The predicted octanol–water partition coefficient (Wildman–Crippen LogP) is 3.11. The Kier molecular flexibility index (Phi) is 6.82. The Labute approximate surface area is 233 Å². The van der Waals surface area contributed by atoms with Gasteiger partial charge in [-0.2, -0.15) is 0 Å². The van der Waals surface area contributed by atoms with E-state index in [0.29, 0.717) is 19.9 Å². The van der Waals surface area contributed by atoms with Gasteiger partial charge in [-0.15, -0.1) is 34.4 Å². The fourth-order valence-corrected chi connectivity index (χ4v) is 8.86. The van der Waals surface area contributed by atoms with Gasteiger partial charge in [-0.3, -0.25) is 24.1 Å². The van der Waals surface area contributed by atoms with E-state index >= 15 is 0 Å². The zero-order valence-corrected chi connectivity index (χ0v) is 23.0. The van der Waals surface area contributed by atoms with E-state index < -0.39 is 34.1 Å². The Morgan fingerprint density at radius 3 is 2.69 bits per heavy atom. The van der Waals surface area contributed by atoms with Gasteiger partial charge < -0.3 is 16.3 Å². The van der Waals surface area contributed by atoms with Crippen molar-refractivity contribution in [2.75, 3.05) is 11.5 Å². The predicted molar refractivity (Wildman–Crippen MR) is 147 cm³/mol. The number of carbonyl (C=O) groups excluding carboxylic acids is 3. The van der Waals surface area contributed by atoms with Crippen LogP contribution in [0.5, 0.6) is 0 Å². The summed E-state index contributed by atoms with van der Waals surface area (Å²) in [6, 6.07) is 0.753. The number of thiol groups is 1. The number of thioether (sulfide) groups is 1. The van der Waals surface area contributed by atoms with Gasteiger partial charge in [-0.05, 0) is 11.4 Å². The minimum Gasteiger partial charge on any atom is -0.410 e. The lowest BCUT2D eigenvalue weighted by Gasteiger charge is -2.49. The van der Waals surface area contributed by atoms with Crippen LogP contribution in [0.3, 0.4) is 0 Å². The van der Waals surface area contributed by atoms with Crippen LogP contribution in [0.1, 0.15) is 10.6 Å². The van der Waals surface area contributed by atoms with Crippen molar-refractivity contribution in [3.63, 3.8) is 0 Å². The first-order valence-corrected chi connectivity index (χ1v) is 14.5. The zero-order chi connectivity index (χ0) is 25.9. The van der Waals surface area contributed by atoms with Gasteiger partial charge in [-0.25, -0.2) is 4.98 Å². The van der Waals surface area contributed by atoms with Crippen LogP contribution in [0.15, 0.2) is 27.1 Å². The normalized spacial score (nSPS) is 19.9. The van der Waals surface area contributed by atoms with E-state index in [4.69, 9.17) is 28.9 Å². The quantitative estimate of drug-likeness (QED) is 0.112. The highest BCUT2D eigenvalue weighted by molar-refractivity contribution is 8.00. The lowest BCUT2D eigenvalue weighted by molar-refractivity contribution is -0.145. The van der Waals surface area contributed by atoms with Crippen molar-refractivity contribution >= 4 is 124 Å². The van der Waals surface area contributed by atoms with Gasteiger partial charge in [0, 0.05) is 16.0 Å². The standard InChI is InChI=1S/C19H11Cl2N5O5S5/c20-6-11(27)13-5(1-2-33-13)35-12(6)4-3-34-17-9(16(29)26(17)10(4)18(30)32)23-15(28)8(25-31)7-14(21)36-19(22)24-7/h1-2,9,17,31H,3H2,(H2,22,24)(H,23,28)(H,30,32)/t9?,17-/m1/s1. The van der Waals surface area contributed by atoms with Crippen molar-refractivity contribution in [3.8, 4) is 0 Å². The highest BCUT2D eigenvalue weighted by atomic mass is 35.5. The number of oxime groups is 1. The zero-order valence-electron chi connectivity index (χ0n) is 17.4. The molecule has 2 aliphatic heterocycles. The van der Waals surface area contributed by atoms with Gasteiger partial charge in [0.1, 0.15) is 32.2 Å². The number of hydrogen-bond donors (Lipinski definition) is 4. The molecule has 3 aromatic rings. The Balaban J connectivity index is 1.46. The first kappa shape index (κ1) is 25.5. The summed E-state index contributed by atoms with van der Waals surface area (Å²) in [5.41, 5.74) is 5.01. The molecule has 2 aliphatic rings. The van der Waals surface area contributed by atoms with E-state index in [1.807, 2.05) is 0 Å². The Hall–Kier alpha value is -2.14. The van der Waals surface area contributed by atoms with Crippen LogP contribution < -0.4 is 16.5 Å². The maximum absolute atomic E-state index is 13.1. The molecule has 2 atom stereocenters. The number of hydrogen-bond acceptors (Lipinski definition) is 12. The summed E-state index contributed by atoms with van der Waals surface area (Å²) >= 11 is 21.1. The van der Waals surface area contributed by atoms with E-state index in [1.54, 1.807) is 11.4 Å². The lowest BCUT2D eigenvalue weighted by atomic mass is 10.0. The highest BCUT2D eigenvalue weighted by Gasteiger charge is 2.54. The van der Waals surface area contributed by atoms with Crippen molar-refractivity contribution in [1.82, 2.24) is 15.2 Å². The van der Waals surface area contributed by atoms with E-state index in [0.717, 1.165) is 11.3 Å². The highest BCUT2D eigenvalue weighted by Crippen LogP contribution is 2.46. The van der Waals surface area contributed by atoms with Gasteiger partial charge in [0.25, 0.3) is 11.8 Å². The fourth-order valence-electron chi connectivity index (χ4n) is 3.76. The minimum atomic E-state index is -1.04. The molecule has 0 saturated carbocycles. The first-order valence-electron chi connectivity index (χ1n) is 9.70.